The van der Waals surface area contributed by atoms with E-state index in [4.69, 9.17) is 14.0 Å². The number of rotatable bonds is 8. The number of carbonyl (C=O) groups excluding carboxylic acids is 2. The Hall–Kier alpha value is -3.76. The molecule has 2 fully saturated rings. The number of urea groups is 1. The van der Waals surface area contributed by atoms with Crippen molar-refractivity contribution < 1.29 is 23.6 Å². The Morgan fingerprint density at radius 3 is 2.43 bits per heavy atom. The number of carbonyl (C=O) groups is 2. The molecule has 0 saturated carbocycles. The molecule has 0 aliphatic carbocycles. The lowest BCUT2D eigenvalue weighted by atomic mass is 9.93. The number of hydrogen-bond donors (Lipinski definition) is 2. The van der Waals surface area contributed by atoms with Gasteiger partial charge in [-0.05, 0) is 29.8 Å². The van der Waals surface area contributed by atoms with Crippen molar-refractivity contribution in [3.05, 3.63) is 65.7 Å². The van der Waals surface area contributed by atoms with Crippen molar-refractivity contribution in [1.82, 2.24) is 15.0 Å². The van der Waals surface area contributed by atoms with Crippen LogP contribution in [-0.4, -0.2) is 65.3 Å². The highest BCUT2D eigenvalue weighted by molar-refractivity contribution is 5.99. The molecule has 5 rings (SSSR count). The van der Waals surface area contributed by atoms with Crippen molar-refractivity contribution in [3.63, 3.8) is 0 Å². The van der Waals surface area contributed by atoms with Gasteiger partial charge in [-0.15, -0.1) is 0 Å². The van der Waals surface area contributed by atoms with Gasteiger partial charge in [0.05, 0.1) is 25.5 Å². The van der Waals surface area contributed by atoms with Crippen molar-refractivity contribution >= 4 is 23.3 Å². The van der Waals surface area contributed by atoms with E-state index in [1.54, 1.807) is 48.7 Å². The van der Waals surface area contributed by atoms with Gasteiger partial charge in [0.25, 0.3) is 0 Å². The molecule has 0 bridgehead atoms. The molecule has 0 spiro atoms. The Balaban J connectivity index is 1.07. The second-order valence-corrected chi connectivity index (χ2v) is 10.5. The van der Waals surface area contributed by atoms with E-state index in [2.05, 4.69) is 25.7 Å². The molecule has 0 atom stereocenters. The lowest BCUT2D eigenvalue weighted by molar-refractivity contribution is -0.115. The molecule has 1 aromatic carbocycles. The van der Waals surface area contributed by atoms with Crippen LogP contribution >= 0.6 is 0 Å². The van der Waals surface area contributed by atoms with Crippen LogP contribution in [0.4, 0.5) is 16.3 Å². The van der Waals surface area contributed by atoms with E-state index in [-0.39, 0.29) is 23.7 Å². The van der Waals surface area contributed by atoms with Crippen molar-refractivity contribution in [2.75, 3.05) is 36.9 Å². The minimum atomic E-state index is -0.434. The fourth-order valence-corrected chi connectivity index (χ4v) is 4.03. The van der Waals surface area contributed by atoms with E-state index in [0.29, 0.717) is 34.8 Å². The molecule has 0 radical (unpaired) electrons. The molecule has 2 aliphatic heterocycles. The lowest BCUT2D eigenvalue weighted by Crippen LogP contribution is -2.62. The van der Waals surface area contributed by atoms with E-state index in [9.17, 15) is 9.59 Å². The Bertz CT molecular complexity index is 1240. The first-order valence-electron chi connectivity index (χ1n) is 12.3. The predicted octanol–water partition coefficient (Wildman–Crippen LogP) is 3.90. The molecule has 2 amide bonds. The molecule has 3 aromatic rings. The van der Waals surface area contributed by atoms with E-state index >= 15 is 0 Å². The van der Waals surface area contributed by atoms with Gasteiger partial charge in [0.2, 0.25) is 0 Å². The van der Waals surface area contributed by atoms with Crippen LogP contribution in [0.2, 0.25) is 0 Å². The van der Waals surface area contributed by atoms with Gasteiger partial charge in [0, 0.05) is 36.7 Å². The normalized spacial score (nSPS) is 16.5. The number of likely N-dealkylation sites (tertiary alicyclic amines) is 1. The van der Waals surface area contributed by atoms with E-state index < -0.39 is 6.03 Å². The largest absolute Gasteiger partial charge is 0.486 e. The summed E-state index contributed by atoms with van der Waals surface area (Å²) in [4.78, 5) is 31.6. The number of aromatic nitrogens is 2. The van der Waals surface area contributed by atoms with Gasteiger partial charge in [0.1, 0.15) is 23.3 Å². The first-order chi connectivity index (χ1) is 17.7. The predicted molar refractivity (Wildman–Crippen MR) is 137 cm³/mol. The van der Waals surface area contributed by atoms with Crippen LogP contribution in [0, 0.1) is 0 Å². The molecule has 4 heterocycles. The topological polar surface area (TPSA) is 119 Å². The number of anilines is 2. The van der Waals surface area contributed by atoms with Crippen molar-refractivity contribution in [2.24, 2.45) is 0 Å². The number of benzene rings is 1. The maximum atomic E-state index is 12.7. The highest BCUT2D eigenvalue weighted by Crippen LogP contribution is 2.25. The Morgan fingerprint density at radius 2 is 1.84 bits per heavy atom. The van der Waals surface area contributed by atoms with Gasteiger partial charge in [-0.1, -0.05) is 38.1 Å². The summed E-state index contributed by atoms with van der Waals surface area (Å²) in [5.74, 6) is 1.59. The number of ketones is 1. The highest BCUT2D eigenvalue weighted by Gasteiger charge is 2.37. The molecular weight excluding hydrogens is 474 g/mol. The van der Waals surface area contributed by atoms with E-state index in [1.165, 1.54) is 0 Å². The Morgan fingerprint density at radius 1 is 1.08 bits per heavy atom. The molecule has 194 valence electrons. The average Bonchev–Trinajstić information content (AvgIpc) is 3.27. The number of pyridine rings is 1. The standard InChI is InChI=1S/C27H31N5O5/c1-27(2,3)24-11-25(31-37-24)30-26(34)29-18-6-4-17(5-7-18)10-23(33)22-9-8-20(12-28-22)36-21-13-32(14-21)19-15-35-16-19/h4-9,11-12,19,21H,10,13-16H2,1-3H3,(H2,29,30,31,34). The van der Waals surface area contributed by atoms with Crippen LogP contribution in [-0.2, 0) is 16.6 Å². The zero-order chi connectivity index (χ0) is 26.0. The summed E-state index contributed by atoms with van der Waals surface area (Å²) in [6, 6.07) is 12.4. The number of hydrogen-bond acceptors (Lipinski definition) is 8. The summed E-state index contributed by atoms with van der Waals surface area (Å²) in [6.45, 7) is 9.39. The van der Waals surface area contributed by atoms with Crippen LogP contribution in [0.3, 0.4) is 0 Å². The quantitative estimate of drug-likeness (QED) is 0.443. The maximum Gasteiger partial charge on any atom is 0.324 e. The maximum absolute atomic E-state index is 12.7. The molecule has 2 saturated heterocycles. The number of ether oxygens (including phenoxy) is 2. The van der Waals surface area contributed by atoms with Gasteiger partial charge in [-0.3, -0.25) is 15.0 Å². The van der Waals surface area contributed by atoms with Crippen LogP contribution in [0.25, 0.3) is 0 Å². The molecule has 2 N–H and O–H groups in total. The minimum absolute atomic E-state index is 0.0921. The second kappa shape index (κ2) is 10.3. The van der Waals surface area contributed by atoms with Gasteiger partial charge in [0.15, 0.2) is 11.6 Å². The third-order valence-electron chi connectivity index (χ3n) is 6.41. The third-order valence-corrected chi connectivity index (χ3v) is 6.41. The second-order valence-electron chi connectivity index (χ2n) is 10.5. The number of amides is 2. The smallest absolute Gasteiger partial charge is 0.324 e. The summed E-state index contributed by atoms with van der Waals surface area (Å²) in [6.07, 6.45) is 1.96. The van der Waals surface area contributed by atoms with E-state index in [0.717, 1.165) is 31.9 Å². The molecule has 2 aliphatic rings. The monoisotopic (exact) mass is 505 g/mol. The summed E-state index contributed by atoms with van der Waals surface area (Å²) >= 11 is 0. The first kappa shape index (κ1) is 24.9. The summed E-state index contributed by atoms with van der Waals surface area (Å²) in [5.41, 5.74) is 1.59. The summed E-state index contributed by atoms with van der Waals surface area (Å²) in [7, 11) is 0. The third kappa shape index (κ3) is 6.15. The van der Waals surface area contributed by atoms with Crippen molar-refractivity contribution in [3.8, 4) is 5.75 Å². The summed E-state index contributed by atoms with van der Waals surface area (Å²) < 4.78 is 16.4. The lowest BCUT2D eigenvalue weighted by Gasteiger charge is -2.46. The molecular formula is C27H31N5O5. The van der Waals surface area contributed by atoms with E-state index in [1.807, 2.05) is 20.8 Å². The van der Waals surface area contributed by atoms with Gasteiger partial charge < -0.3 is 19.3 Å². The zero-order valence-electron chi connectivity index (χ0n) is 21.2. The Labute approximate surface area is 215 Å². The van der Waals surface area contributed by atoms with Crippen LogP contribution in [0.5, 0.6) is 5.75 Å². The van der Waals surface area contributed by atoms with Gasteiger partial charge in [-0.25, -0.2) is 9.78 Å². The van der Waals surface area contributed by atoms with Crippen molar-refractivity contribution in [1.29, 1.82) is 0 Å². The van der Waals surface area contributed by atoms with Gasteiger partial charge >= 0.3 is 6.03 Å². The molecule has 10 heteroatoms. The van der Waals surface area contributed by atoms with Crippen LogP contribution < -0.4 is 15.4 Å². The number of Topliss-reactive ketones (excluding diaryl/α,β-unsaturated/α-hetero) is 1. The molecule has 10 nitrogen and oxygen atoms in total. The Kier molecular flexibility index (Phi) is 6.94. The van der Waals surface area contributed by atoms with Crippen LogP contribution in [0.15, 0.2) is 53.2 Å². The number of nitrogens with one attached hydrogen (secondary N) is 2. The fourth-order valence-electron chi connectivity index (χ4n) is 4.03. The zero-order valence-corrected chi connectivity index (χ0v) is 21.2. The van der Waals surface area contributed by atoms with Crippen molar-refractivity contribution in [2.45, 2.75) is 44.8 Å². The van der Waals surface area contributed by atoms with Crippen LogP contribution in [0.1, 0.15) is 42.6 Å². The molecule has 2 aromatic heterocycles. The average molecular weight is 506 g/mol. The van der Waals surface area contributed by atoms with Gasteiger partial charge in [-0.2, -0.15) is 0 Å². The SMILES string of the molecule is CC(C)(C)c1cc(NC(=O)Nc2ccc(CC(=O)c3ccc(OC4CN(C5COC5)C4)cn3)cc2)no1. The summed E-state index contributed by atoms with van der Waals surface area (Å²) in [5, 5.41) is 9.27. The molecule has 0 unspecified atom stereocenters. The minimum Gasteiger partial charge on any atom is -0.486 e. The number of nitrogens with zero attached hydrogens (tertiary/aromatic N) is 3. The highest BCUT2D eigenvalue weighted by atomic mass is 16.5. The first-order valence-corrected chi connectivity index (χ1v) is 12.3. The molecule has 37 heavy (non-hydrogen) atoms. The fraction of sp³-hybridized carbons (Fsp3) is 0.407.